The van der Waals surface area contributed by atoms with Gasteiger partial charge in [-0.2, -0.15) is 5.10 Å². The molecule has 2 heterocycles. The highest BCUT2D eigenvalue weighted by molar-refractivity contribution is 5.82. The van der Waals surface area contributed by atoms with E-state index in [2.05, 4.69) is 10.1 Å². The number of halogens is 1. The maximum absolute atomic E-state index is 13.3. The number of aryl methyl sites for hydroxylation is 2. The van der Waals surface area contributed by atoms with Crippen LogP contribution in [-0.4, -0.2) is 21.9 Å². The van der Waals surface area contributed by atoms with Crippen LogP contribution in [0.1, 0.15) is 12.5 Å². The fourth-order valence-corrected chi connectivity index (χ4v) is 2.38. The molecular formula is C16H16FN3O. The van der Waals surface area contributed by atoms with E-state index in [1.54, 1.807) is 6.07 Å². The second-order valence-electron chi connectivity index (χ2n) is 4.89. The highest BCUT2D eigenvalue weighted by atomic mass is 19.1. The lowest BCUT2D eigenvalue weighted by Crippen LogP contribution is -1.94. The molecule has 0 aliphatic rings. The van der Waals surface area contributed by atoms with E-state index < -0.39 is 0 Å². The van der Waals surface area contributed by atoms with Gasteiger partial charge in [0, 0.05) is 29.8 Å². The SMILES string of the molecule is CCn1cc2c(C)cc(-c3ccc(F)cc3OC)nc2n1. The average Bonchev–Trinajstić information content (AvgIpc) is 2.90. The summed E-state index contributed by atoms with van der Waals surface area (Å²) in [5.41, 5.74) is 3.27. The Hall–Kier alpha value is -2.43. The van der Waals surface area contributed by atoms with E-state index in [-0.39, 0.29) is 5.82 Å². The zero-order valence-electron chi connectivity index (χ0n) is 12.2. The van der Waals surface area contributed by atoms with E-state index in [4.69, 9.17) is 4.74 Å². The first-order chi connectivity index (χ1) is 10.1. The maximum Gasteiger partial charge on any atom is 0.181 e. The smallest absolute Gasteiger partial charge is 0.181 e. The molecule has 0 N–H and O–H groups in total. The molecule has 21 heavy (non-hydrogen) atoms. The molecule has 2 aromatic heterocycles. The van der Waals surface area contributed by atoms with Crippen LogP contribution in [0.4, 0.5) is 4.39 Å². The van der Waals surface area contributed by atoms with Gasteiger partial charge < -0.3 is 4.74 Å². The normalized spacial score (nSPS) is 11.0. The quantitative estimate of drug-likeness (QED) is 0.738. The van der Waals surface area contributed by atoms with Crippen LogP contribution in [0.2, 0.25) is 0 Å². The molecule has 0 unspecified atom stereocenters. The molecule has 0 aliphatic heterocycles. The Morgan fingerprint density at radius 2 is 2.10 bits per heavy atom. The summed E-state index contributed by atoms with van der Waals surface area (Å²) in [5, 5.41) is 5.47. The van der Waals surface area contributed by atoms with Crippen LogP contribution in [-0.2, 0) is 6.54 Å². The zero-order chi connectivity index (χ0) is 15.0. The molecule has 0 saturated heterocycles. The van der Waals surface area contributed by atoms with E-state index in [9.17, 15) is 4.39 Å². The number of pyridine rings is 1. The number of benzene rings is 1. The Kier molecular flexibility index (Phi) is 3.33. The van der Waals surface area contributed by atoms with Crippen molar-refractivity contribution in [3.05, 3.63) is 41.8 Å². The van der Waals surface area contributed by atoms with Gasteiger partial charge in [-0.05, 0) is 37.6 Å². The minimum Gasteiger partial charge on any atom is -0.496 e. The van der Waals surface area contributed by atoms with Crippen LogP contribution in [0.3, 0.4) is 0 Å². The summed E-state index contributed by atoms with van der Waals surface area (Å²) >= 11 is 0. The lowest BCUT2D eigenvalue weighted by Gasteiger charge is -2.08. The highest BCUT2D eigenvalue weighted by Gasteiger charge is 2.12. The first-order valence-corrected chi connectivity index (χ1v) is 6.81. The summed E-state index contributed by atoms with van der Waals surface area (Å²) < 4.78 is 20.4. The largest absolute Gasteiger partial charge is 0.496 e. The van der Waals surface area contributed by atoms with Gasteiger partial charge in [-0.1, -0.05) is 0 Å². The molecule has 0 atom stereocenters. The van der Waals surface area contributed by atoms with Gasteiger partial charge in [0.25, 0.3) is 0 Å². The first-order valence-electron chi connectivity index (χ1n) is 6.81. The molecule has 0 fully saturated rings. The Balaban J connectivity index is 2.21. The molecule has 0 radical (unpaired) electrons. The van der Waals surface area contributed by atoms with Crippen molar-refractivity contribution in [3.63, 3.8) is 0 Å². The molecular weight excluding hydrogens is 269 g/mol. The highest BCUT2D eigenvalue weighted by Crippen LogP contribution is 2.31. The van der Waals surface area contributed by atoms with Gasteiger partial charge in [0.05, 0.1) is 12.8 Å². The molecule has 4 nitrogen and oxygen atoms in total. The summed E-state index contributed by atoms with van der Waals surface area (Å²) in [6, 6.07) is 6.42. The summed E-state index contributed by atoms with van der Waals surface area (Å²) in [7, 11) is 1.52. The molecule has 0 spiro atoms. The molecule has 0 amide bonds. The summed E-state index contributed by atoms with van der Waals surface area (Å²) in [5.74, 6) is 0.139. The Morgan fingerprint density at radius 3 is 2.81 bits per heavy atom. The van der Waals surface area contributed by atoms with Gasteiger partial charge in [-0.3, -0.25) is 4.68 Å². The first kappa shape index (κ1) is 13.5. The fourth-order valence-electron chi connectivity index (χ4n) is 2.38. The number of hydrogen-bond acceptors (Lipinski definition) is 3. The van der Waals surface area contributed by atoms with E-state index in [1.165, 1.54) is 19.2 Å². The molecule has 5 heteroatoms. The van der Waals surface area contributed by atoms with Gasteiger partial charge in [-0.25, -0.2) is 9.37 Å². The van der Waals surface area contributed by atoms with Crippen molar-refractivity contribution in [3.8, 4) is 17.0 Å². The number of rotatable bonds is 3. The third-order valence-corrected chi connectivity index (χ3v) is 3.51. The van der Waals surface area contributed by atoms with E-state index in [1.807, 2.05) is 30.8 Å². The lowest BCUT2D eigenvalue weighted by molar-refractivity contribution is 0.413. The summed E-state index contributed by atoms with van der Waals surface area (Å²) in [6.07, 6.45) is 1.99. The molecule has 3 rings (SSSR count). The lowest BCUT2D eigenvalue weighted by atomic mass is 10.1. The number of nitrogens with zero attached hydrogens (tertiary/aromatic N) is 3. The Labute approximate surface area is 122 Å². The maximum atomic E-state index is 13.3. The molecule has 0 bridgehead atoms. The number of methoxy groups -OCH3 is 1. The topological polar surface area (TPSA) is 39.9 Å². The summed E-state index contributed by atoms with van der Waals surface area (Å²) in [4.78, 5) is 4.58. The third-order valence-electron chi connectivity index (χ3n) is 3.51. The van der Waals surface area contributed by atoms with Gasteiger partial charge in [0.1, 0.15) is 11.6 Å². The van der Waals surface area contributed by atoms with E-state index in [0.29, 0.717) is 11.4 Å². The number of hydrogen-bond donors (Lipinski definition) is 0. The number of aromatic nitrogens is 3. The van der Waals surface area contributed by atoms with E-state index in [0.717, 1.165) is 28.8 Å². The Bertz CT molecular complexity index is 811. The number of ether oxygens (including phenoxy) is 1. The van der Waals surface area contributed by atoms with Crippen molar-refractivity contribution in [2.75, 3.05) is 7.11 Å². The van der Waals surface area contributed by atoms with Crippen LogP contribution < -0.4 is 4.74 Å². The van der Waals surface area contributed by atoms with Gasteiger partial charge in [0.15, 0.2) is 5.65 Å². The minimum absolute atomic E-state index is 0.330. The molecule has 1 aromatic carbocycles. The van der Waals surface area contributed by atoms with Gasteiger partial charge >= 0.3 is 0 Å². The number of fused-ring (bicyclic) bond motifs is 1. The zero-order valence-corrected chi connectivity index (χ0v) is 12.2. The van der Waals surface area contributed by atoms with Crippen molar-refractivity contribution in [1.29, 1.82) is 0 Å². The summed E-state index contributed by atoms with van der Waals surface area (Å²) in [6.45, 7) is 4.85. The van der Waals surface area contributed by atoms with E-state index >= 15 is 0 Å². The second-order valence-corrected chi connectivity index (χ2v) is 4.89. The van der Waals surface area contributed by atoms with Crippen LogP contribution in [0.5, 0.6) is 5.75 Å². The third kappa shape index (κ3) is 2.35. The van der Waals surface area contributed by atoms with Crippen LogP contribution in [0.25, 0.3) is 22.3 Å². The predicted octanol–water partition coefficient (Wildman–Crippen LogP) is 3.57. The fraction of sp³-hybridized carbons (Fsp3) is 0.250. The Morgan fingerprint density at radius 1 is 1.29 bits per heavy atom. The van der Waals surface area contributed by atoms with Crippen molar-refractivity contribution < 1.29 is 9.13 Å². The van der Waals surface area contributed by atoms with Crippen LogP contribution in [0, 0.1) is 12.7 Å². The standard InChI is InChI=1S/C16H16FN3O/c1-4-20-9-13-10(2)7-14(18-16(13)19-20)12-6-5-11(17)8-15(12)21-3/h5-9H,4H2,1-3H3. The second kappa shape index (κ2) is 5.16. The average molecular weight is 285 g/mol. The van der Waals surface area contributed by atoms with Crippen LogP contribution in [0.15, 0.2) is 30.5 Å². The van der Waals surface area contributed by atoms with Crippen molar-refractivity contribution in [2.24, 2.45) is 0 Å². The van der Waals surface area contributed by atoms with Crippen molar-refractivity contribution >= 4 is 11.0 Å². The van der Waals surface area contributed by atoms with Crippen molar-refractivity contribution in [2.45, 2.75) is 20.4 Å². The molecule has 108 valence electrons. The monoisotopic (exact) mass is 285 g/mol. The molecule has 0 aliphatic carbocycles. The van der Waals surface area contributed by atoms with Gasteiger partial charge in [-0.15, -0.1) is 0 Å². The minimum atomic E-state index is -0.330. The predicted molar refractivity (Wildman–Crippen MR) is 79.9 cm³/mol. The molecule has 0 saturated carbocycles. The van der Waals surface area contributed by atoms with Crippen molar-refractivity contribution in [1.82, 2.24) is 14.8 Å². The van der Waals surface area contributed by atoms with Gasteiger partial charge in [0.2, 0.25) is 0 Å². The van der Waals surface area contributed by atoms with Crippen LogP contribution >= 0.6 is 0 Å². The molecule has 3 aromatic rings.